The second-order valence-corrected chi connectivity index (χ2v) is 4.07. The maximum atomic E-state index is 10.9. The highest BCUT2D eigenvalue weighted by Gasteiger charge is 2.14. The van der Waals surface area contributed by atoms with Crippen LogP contribution in [-0.4, -0.2) is 11.1 Å². The summed E-state index contributed by atoms with van der Waals surface area (Å²) in [5.74, 6) is -0.813. The third-order valence-corrected chi connectivity index (χ3v) is 2.70. The van der Waals surface area contributed by atoms with Gasteiger partial charge in [-0.05, 0) is 17.7 Å². The zero-order valence-corrected chi connectivity index (χ0v) is 9.91. The predicted molar refractivity (Wildman–Crippen MR) is 71.5 cm³/mol. The Morgan fingerprint density at radius 3 is 2.11 bits per heavy atom. The minimum Gasteiger partial charge on any atom is -0.481 e. The van der Waals surface area contributed by atoms with Crippen molar-refractivity contribution in [3.05, 3.63) is 66.2 Å². The monoisotopic (exact) mass is 241 g/mol. The molecule has 1 atom stereocenters. The Hall–Kier alpha value is -2.29. The van der Waals surface area contributed by atoms with Crippen molar-refractivity contribution in [3.8, 4) is 0 Å². The Bertz CT molecular complexity index is 496. The van der Waals surface area contributed by atoms with Gasteiger partial charge in [-0.2, -0.15) is 0 Å². The first kappa shape index (κ1) is 12.2. The number of carboxylic acid groups (broad SMARTS) is 1. The topological polar surface area (TPSA) is 49.3 Å². The van der Waals surface area contributed by atoms with E-state index >= 15 is 0 Å². The Morgan fingerprint density at radius 2 is 1.56 bits per heavy atom. The van der Waals surface area contributed by atoms with Crippen molar-refractivity contribution in [2.24, 2.45) is 0 Å². The van der Waals surface area contributed by atoms with Crippen molar-refractivity contribution in [1.82, 2.24) is 0 Å². The van der Waals surface area contributed by atoms with Crippen molar-refractivity contribution >= 4 is 11.7 Å². The number of para-hydroxylation sites is 1. The van der Waals surface area contributed by atoms with E-state index in [9.17, 15) is 4.79 Å². The van der Waals surface area contributed by atoms with Crippen molar-refractivity contribution in [3.63, 3.8) is 0 Å². The molecule has 0 fully saturated rings. The first-order chi connectivity index (χ1) is 8.75. The zero-order valence-electron chi connectivity index (χ0n) is 9.91. The van der Waals surface area contributed by atoms with Gasteiger partial charge in [0.2, 0.25) is 0 Å². The highest BCUT2D eigenvalue weighted by molar-refractivity contribution is 5.69. The van der Waals surface area contributed by atoms with Gasteiger partial charge in [-0.1, -0.05) is 48.5 Å². The van der Waals surface area contributed by atoms with Crippen LogP contribution in [0.4, 0.5) is 5.69 Å². The van der Waals surface area contributed by atoms with E-state index in [0.717, 1.165) is 11.3 Å². The SMILES string of the molecule is O=C(O)CC(Nc1ccccc1)c1ccccc1. The first-order valence-corrected chi connectivity index (χ1v) is 5.84. The summed E-state index contributed by atoms with van der Waals surface area (Å²) in [5, 5.41) is 12.2. The van der Waals surface area contributed by atoms with E-state index in [1.807, 2.05) is 60.7 Å². The van der Waals surface area contributed by atoms with Crippen molar-refractivity contribution < 1.29 is 9.90 Å². The molecule has 0 aliphatic carbocycles. The largest absolute Gasteiger partial charge is 0.481 e. The number of carboxylic acids is 1. The van der Waals surface area contributed by atoms with Crippen molar-refractivity contribution in [1.29, 1.82) is 0 Å². The lowest BCUT2D eigenvalue weighted by Gasteiger charge is -2.18. The maximum Gasteiger partial charge on any atom is 0.305 e. The van der Waals surface area contributed by atoms with Gasteiger partial charge in [0.25, 0.3) is 0 Å². The molecule has 0 bridgehead atoms. The van der Waals surface area contributed by atoms with Crippen LogP contribution in [0.2, 0.25) is 0 Å². The molecule has 2 aromatic carbocycles. The van der Waals surface area contributed by atoms with Gasteiger partial charge < -0.3 is 10.4 Å². The number of aliphatic carboxylic acids is 1. The van der Waals surface area contributed by atoms with E-state index in [1.165, 1.54) is 0 Å². The van der Waals surface area contributed by atoms with Gasteiger partial charge in [0.1, 0.15) is 0 Å². The molecule has 0 aromatic heterocycles. The van der Waals surface area contributed by atoms with Crippen LogP contribution in [0.3, 0.4) is 0 Å². The molecule has 18 heavy (non-hydrogen) atoms. The standard InChI is InChI=1S/C15H15NO2/c17-15(18)11-14(12-7-3-1-4-8-12)16-13-9-5-2-6-10-13/h1-10,14,16H,11H2,(H,17,18). The average Bonchev–Trinajstić information content (AvgIpc) is 2.40. The molecule has 2 rings (SSSR count). The number of carbonyl (C=O) groups is 1. The second kappa shape index (κ2) is 5.87. The number of anilines is 1. The summed E-state index contributed by atoms with van der Waals surface area (Å²) in [6, 6.07) is 19.0. The normalized spacial score (nSPS) is 11.8. The van der Waals surface area contributed by atoms with Gasteiger partial charge in [-0.15, -0.1) is 0 Å². The molecule has 0 aliphatic rings. The lowest BCUT2D eigenvalue weighted by molar-refractivity contribution is -0.137. The van der Waals surface area contributed by atoms with Gasteiger partial charge in [-0.25, -0.2) is 0 Å². The van der Waals surface area contributed by atoms with E-state index in [0.29, 0.717) is 0 Å². The molecule has 2 N–H and O–H groups in total. The summed E-state index contributed by atoms with van der Waals surface area (Å²) in [4.78, 5) is 10.9. The lowest BCUT2D eigenvalue weighted by Crippen LogP contribution is -2.15. The van der Waals surface area contributed by atoms with Gasteiger partial charge in [0, 0.05) is 5.69 Å². The number of hydrogen-bond donors (Lipinski definition) is 2. The molecule has 3 nitrogen and oxygen atoms in total. The summed E-state index contributed by atoms with van der Waals surface area (Å²) < 4.78 is 0. The molecule has 3 heteroatoms. The van der Waals surface area contributed by atoms with Crippen LogP contribution < -0.4 is 5.32 Å². The molecule has 0 amide bonds. The molecule has 0 heterocycles. The van der Waals surface area contributed by atoms with E-state index in [4.69, 9.17) is 5.11 Å². The van der Waals surface area contributed by atoms with E-state index in [1.54, 1.807) is 0 Å². The van der Waals surface area contributed by atoms with Crippen LogP contribution in [0.15, 0.2) is 60.7 Å². The average molecular weight is 241 g/mol. The molecule has 0 radical (unpaired) electrons. The van der Waals surface area contributed by atoms with Crippen molar-refractivity contribution in [2.45, 2.75) is 12.5 Å². The van der Waals surface area contributed by atoms with E-state index < -0.39 is 5.97 Å². The van der Waals surface area contributed by atoms with Gasteiger partial charge >= 0.3 is 5.97 Å². The number of hydrogen-bond acceptors (Lipinski definition) is 2. The van der Waals surface area contributed by atoms with Crippen LogP contribution in [0.1, 0.15) is 18.0 Å². The molecular formula is C15H15NO2. The highest BCUT2D eigenvalue weighted by atomic mass is 16.4. The van der Waals surface area contributed by atoms with Gasteiger partial charge in [-0.3, -0.25) is 4.79 Å². The minimum atomic E-state index is -0.813. The van der Waals surface area contributed by atoms with E-state index in [-0.39, 0.29) is 12.5 Å². The van der Waals surface area contributed by atoms with Crippen LogP contribution in [0.25, 0.3) is 0 Å². The molecule has 92 valence electrons. The lowest BCUT2D eigenvalue weighted by atomic mass is 10.0. The first-order valence-electron chi connectivity index (χ1n) is 5.84. The predicted octanol–water partition coefficient (Wildman–Crippen LogP) is 3.31. The quantitative estimate of drug-likeness (QED) is 0.844. The van der Waals surface area contributed by atoms with Crippen molar-refractivity contribution in [2.75, 3.05) is 5.32 Å². The maximum absolute atomic E-state index is 10.9. The molecule has 1 unspecified atom stereocenters. The molecule has 2 aromatic rings. The highest BCUT2D eigenvalue weighted by Crippen LogP contribution is 2.22. The summed E-state index contributed by atoms with van der Waals surface area (Å²) in [5.41, 5.74) is 1.90. The second-order valence-electron chi connectivity index (χ2n) is 4.07. The van der Waals surface area contributed by atoms with Gasteiger partial charge in [0.15, 0.2) is 0 Å². The Morgan fingerprint density at radius 1 is 1.00 bits per heavy atom. The van der Waals surface area contributed by atoms with Crippen LogP contribution in [0, 0.1) is 0 Å². The fourth-order valence-electron chi connectivity index (χ4n) is 1.85. The summed E-state index contributed by atoms with van der Waals surface area (Å²) >= 11 is 0. The molecule has 0 saturated carbocycles. The molecule has 0 spiro atoms. The molecule has 0 saturated heterocycles. The number of rotatable bonds is 5. The molecule has 0 aliphatic heterocycles. The van der Waals surface area contributed by atoms with Gasteiger partial charge in [0.05, 0.1) is 12.5 Å². The number of nitrogens with one attached hydrogen (secondary N) is 1. The Kier molecular flexibility index (Phi) is 3.97. The third kappa shape index (κ3) is 3.35. The Labute approximate surface area is 106 Å². The summed E-state index contributed by atoms with van der Waals surface area (Å²) in [7, 11) is 0. The fourth-order valence-corrected chi connectivity index (χ4v) is 1.85. The third-order valence-electron chi connectivity index (χ3n) is 2.70. The van der Waals surface area contributed by atoms with Crippen LogP contribution in [0.5, 0.6) is 0 Å². The van der Waals surface area contributed by atoms with Crippen LogP contribution in [-0.2, 0) is 4.79 Å². The summed E-state index contributed by atoms with van der Waals surface area (Å²) in [6.45, 7) is 0. The minimum absolute atomic E-state index is 0.0545. The Balaban J connectivity index is 2.18. The van der Waals surface area contributed by atoms with E-state index in [2.05, 4.69) is 5.32 Å². The smallest absolute Gasteiger partial charge is 0.305 e. The zero-order chi connectivity index (χ0) is 12.8. The number of benzene rings is 2. The fraction of sp³-hybridized carbons (Fsp3) is 0.133. The van der Waals surface area contributed by atoms with Crippen LogP contribution >= 0.6 is 0 Å². The molecular weight excluding hydrogens is 226 g/mol. The summed E-state index contributed by atoms with van der Waals surface area (Å²) in [6.07, 6.45) is 0.0545.